The molecular formula is C42H50F6N10O6. The van der Waals surface area contributed by atoms with Crippen LogP contribution in [0.4, 0.5) is 26.3 Å². The smallest absolute Gasteiger partial charge is 0.378 e. The lowest BCUT2D eigenvalue weighted by Crippen LogP contribution is -2.67. The number of tetrazole rings is 1. The summed E-state index contributed by atoms with van der Waals surface area (Å²) in [5, 5.41) is 21.5. The van der Waals surface area contributed by atoms with Crippen LogP contribution in [0.3, 0.4) is 0 Å². The fraction of sp³-hybridized carbons (Fsp3) is 0.667. The van der Waals surface area contributed by atoms with Gasteiger partial charge in [0, 0.05) is 62.2 Å². The number of ether oxygens (including phenoxy) is 2. The Morgan fingerprint density at radius 1 is 0.938 bits per heavy atom. The Bertz CT molecular complexity index is 2190. The van der Waals surface area contributed by atoms with Gasteiger partial charge in [-0.1, -0.05) is 17.3 Å². The third kappa shape index (κ3) is 8.35. The molecule has 346 valence electrons. The van der Waals surface area contributed by atoms with Crippen LogP contribution in [0.25, 0.3) is 0 Å². The minimum atomic E-state index is -4.74. The first-order chi connectivity index (χ1) is 30.4. The van der Waals surface area contributed by atoms with Crippen LogP contribution >= 0.6 is 0 Å². The molecule has 7 aliphatic rings. The van der Waals surface area contributed by atoms with Crippen LogP contribution in [0, 0.1) is 22.2 Å². The van der Waals surface area contributed by atoms with E-state index in [9.17, 15) is 45.5 Å². The van der Waals surface area contributed by atoms with E-state index in [-0.39, 0.29) is 74.5 Å². The molecule has 5 aliphatic heterocycles. The molecule has 3 aromatic rings. The number of benzene rings is 1. The summed E-state index contributed by atoms with van der Waals surface area (Å²) in [6.45, 7) is 2.63. The van der Waals surface area contributed by atoms with Crippen LogP contribution in [0.2, 0.25) is 0 Å². The van der Waals surface area contributed by atoms with Gasteiger partial charge in [-0.3, -0.25) is 23.9 Å². The molecule has 22 heteroatoms. The highest BCUT2D eigenvalue weighted by atomic mass is 19.4. The van der Waals surface area contributed by atoms with Crippen molar-refractivity contribution in [2.45, 2.75) is 101 Å². The second kappa shape index (κ2) is 16.4. The lowest BCUT2D eigenvalue weighted by atomic mass is 9.70. The molecule has 10 rings (SSSR count). The number of nitrogens with zero attached hydrogens (tertiary/aromatic N) is 8. The van der Waals surface area contributed by atoms with E-state index >= 15 is 0 Å². The topological polar surface area (TPSA) is 181 Å². The number of hydrogen-bond donors (Lipinski definition) is 2. The van der Waals surface area contributed by atoms with Crippen LogP contribution in [-0.4, -0.2) is 146 Å². The lowest BCUT2D eigenvalue weighted by molar-refractivity contribution is -0.205. The van der Waals surface area contributed by atoms with Crippen LogP contribution < -0.4 is 5.32 Å². The van der Waals surface area contributed by atoms with Gasteiger partial charge in [0.25, 0.3) is 5.91 Å². The summed E-state index contributed by atoms with van der Waals surface area (Å²) < 4.78 is 95.5. The Morgan fingerprint density at radius 3 is 2.22 bits per heavy atom. The molecule has 3 atom stereocenters. The van der Waals surface area contributed by atoms with Gasteiger partial charge in [0.1, 0.15) is 11.5 Å². The van der Waals surface area contributed by atoms with Gasteiger partial charge in [-0.05, 0) is 76.0 Å². The van der Waals surface area contributed by atoms with Gasteiger partial charge in [0.2, 0.25) is 17.7 Å². The van der Waals surface area contributed by atoms with Crippen molar-refractivity contribution in [2.24, 2.45) is 22.2 Å². The molecule has 2 aliphatic carbocycles. The number of aromatic amines is 1. The van der Waals surface area contributed by atoms with Crippen LogP contribution in [0.5, 0.6) is 0 Å². The number of hydrogen-bond acceptors (Lipinski definition) is 10. The molecule has 2 saturated carbocycles. The van der Waals surface area contributed by atoms with Gasteiger partial charge in [-0.25, -0.2) is 0 Å². The average Bonchev–Trinajstić information content (AvgIpc) is 3.55. The highest BCUT2D eigenvalue weighted by Crippen LogP contribution is 2.60. The molecule has 64 heavy (non-hydrogen) atoms. The van der Waals surface area contributed by atoms with Crippen molar-refractivity contribution in [3.63, 3.8) is 0 Å². The summed E-state index contributed by atoms with van der Waals surface area (Å²) in [6.07, 6.45) is -3.02. The van der Waals surface area contributed by atoms with E-state index in [0.29, 0.717) is 50.5 Å². The molecule has 0 unspecified atom stereocenters. The first-order valence-corrected chi connectivity index (χ1v) is 21.8. The lowest BCUT2D eigenvalue weighted by Gasteiger charge is -2.51. The summed E-state index contributed by atoms with van der Waals surface area (Å²) in [5.41, 5.74) is -4.02. The van der Waals surface area contributed by atoms with Crippen molar-refractivity contribution < 1.29 is 55.0 Å². The van der Waals surface area contributed by atoms with E-state index < -0.39 is 64.5 Å². The van der Waals surface area contributed by atoms with E-state index in [1.165, 1.54) is 34.1 Å². The first-order valence-electron chi connectivity index (χ1n) is 21.8. The Balaban J connectivity index is 0.937. The van der Waals surface area contributed by atoms with Crippen molar-refractivity contribution in [2.75, 3.05) is 52.5 Å². The maximum atomic E-state index is 14.7. The number of H-pyrrole nitrogens is 1. The van der Waals surface area contributed by atoms with E-state index in [0.717, 1.165) is 42.7 Å². The largest absolute Gasteiger partial charge is 0.416 e. The van der Waals surface area contributed by atoms with Crippen molar-refractivity contribution in [3.8, 4) is 0 Å². The van der Waals surface area contributed by atoms with Gasteiger partial charge >= 0.3 is 12.4 Å². The Kier molecular flexibility index (Phi) is 11.3. The standard InChI is InChI=1S/C42H50F6N10O6/c1-25(63-23-38-10-6-30(7-11-38)64-24-38)32(36(61)55-14-8-27(9-15-55)33-51-53-54-52-33)50-34(59)31-19-56(20-39(31)21-57(22-39)37(62)40(12-13-40)42(46,47)48)35(60)28-16-49-58(18-28)17-26-2-4-29(5-3-26)41(43,44)45/h2-5,16,18,25,27,30-32H,6-15,17,19-24H2,1H3,(H,50,59)(H,51,52,53,54)/t25-,30?,31+,32+,38?/m1/s1. The minimum absolute atomic E-state index is 0.0276. The van der Waals surface area contributed by atoms with Crippen molar-refractivity contribution in [1.82, 2.24) is 50.4 Å². The molecule has 1 spiro atoms. The number of alkyl halides is 6. The number of carbonyl (C=O) groups is 4. The van der Waals surface area contributed by atoms with Gasteiger partial charge in [0.15, 0.2) is 5.82 Å². The summed E-state index contributed by atoms with van der Waals surface area (Å²) in [4.78, 5) is 60.9. The SMILES string of the molecule is C[C@@H](OCC12CCC(CC1)OC2)[C@H](NC(=O)[C@@H]1CN(C(=O)c2cnn(Cc3ccc(C(F)(F)F)cc3)c2)CC12CN(C(=O)C1(C(F)(F)F)CC1)C2)C(=O)N1CCC(c2nn[nH]n2)CC1. The fourth-order valence-corrected chi connectivity index (χ4v) is 10.4. The number of nitrogens with one attached hydrogen (secondary N) is 2. The highest BCUT2D eigenvalue weighted by molar-refractivity contribution is 5.96. The minimum Gasteiger partial charge on any atom is -0.378 e. The molecule has 0 radical (unpaired) electrons. The predicted octanol–water partition coefficient (Wildman–Crippen LogP) is 3.96. The van der Waals surface area contributed by atoms with Crippen molar-refractivity contribution in [1.29, 1.82) is 0 Å². The Morgan fingerprint density at radius 2 is 1.62 bits per heavy atom. The van der Waals surface area contributed by atoms with E-state index in [1.54, 1.807) is 11.8 Å². The number of piperidine rings is 1. The molecule has 7 fully saturated rings. The van der Waals surface area contributed by atoms with Gasteiger partial charge in [-0.2, -0.15) is 36.7 Å². The normalized spacial score (nSPS) is 26.1. The number of carbonyl (C=O) groups excluding carboxylic acids is 4. The number of aromatic nitrogens is 6. The monoisotopic (exact) mass is 904 g/mol. The molecule has 5 saturated heterocycles. The number of halogens is 6. The number of rotatable bonds is 12. The summed E-state index contributed by atoms with van der Waals surface area (Å²) in [5.74, 6) is -3.09. The summed E-state index contributed by atoms with van der Waals surface area (Å²) in [6, 6.07) is 3.35. The Hall–Kier alpha value is -5.12. The molecule has 7 heterocycles. The highest BCUT2D eigenvalue weighted by Gasteiger charge is 2.72. The van der Waals surface area contributed by atoms with E-state index in [2.05, 4.69) is 31.0 Å². The zero-order chi connectivity index (χ0) is 45.2. The fourth-order valence-electron chi connectivity index (χ4n) is 10.4. The van der Waals surface area contributed by atoms with E-state index in [1.807, 2.05) is 0 Å². The molecule has 2 aromatic heterocycles. The molecule has 2 bridgehead atoms. The van der Waals surface area contributed by atoms with Crippen LogP contribution in [-0.2, 0) is 36.6 Å². The number of fused-ring (bicyclic) bond motifs is 3. The number of amides is 4. The quantitative estimate of drug-likeness (QED) is 0.253. The van der Waals surface area contributed by atoms with Crippen molar-refractivity contribution in [3.05, 3.63) is 59.2 Å². The van der Waals surface area contributed by atoms with Gasteiger partial charge in [0.05, 0.1) is 55.2 Å². The summed E-state index contributed by atoms with van der Waals surface area (Å²) in [7, 11) is 0. The molecule has 2 N–H and O–H groups in total. The van der Waals surface area contributed by atoms with Crippen LogP contribution in [0.15, 0.2) is 36.7 Å². The van der Waals surface area contributed by atoms with Crippen LogP contribution in [0.1, 0.15) is 91.5 Å². The maximum absolute atomic E-state index is 14.7. The van der Waals surface area contributed by atoms with Gasteiger partial charge in [-0.15, -0.1) is 10.2 Å². The second-order valence-electron chi connectivity index (χ2n) is 18.8. The molecular weight excluding hydrogens is 855 g/mol. The molecule has 4 amide bonds. The predicted molar refractivity (Wildman–Crippen MR) is 210 cm³/mol. The van der Waals surface area contributed by atoms with Gasteiger partial charge < -0.3 is 29.5 Å². The Labute approximate surface area is 363 Å². The summed E-state index contributed by atoms with van der Waals surface area (Å²) >= 11 is 0. The third-order valence-corrected chi connectivity index (χ3v) is 14.6. The first kappa shape index (κ1) is 44.1. The zero-order valence-electron chi connectivity index (χ0n) is 35.2. The second-order valence-corrected chi connectivity index (χ2v) is 18.8. The zero-order valence-corrected chi connectivity index (χ0v) is 35.2. The molecule has 16 nitrogen and oxygen atoms in total. The third-order valence-electron chi connectivity index (χ3n) is 14.6. The molecule has 1 aromatic carbocycles. The number of likely N-dealkylation sites (tertiary alicyclic amines) is 3. The van der Waals surface area contributed by atoms with E-state index in [4.69, 9.17) is 9.47 Å². The average molecular weight is 905 g/mol. The van der Waals surface area contributed by atoms with Crippen molar-refractivity contribution >= 4 is 23.6 Å². The maximum Gasteiger partial charge on any atom is 0.416 e.